The van der Waals surface area contributed by atoms with Crippen LogP contribution in [0.1, 0.15) is 32.6 Å². The normalized spacial score (nSPS) is 32.2. The average molecular weight is 226 g/mol. The molecule has 0 aliphatic carbocycles. The van der Waals surface area contributed by atoms with Crippen LogP contribution in [0.3, 0.4) is 0 Å². The smallest absolute Gasteiger partial charge is 0.239 e. The maximum Gasteiger partial charge on any atom is 0.239 e. The van der Waals surface area contributed by atoms with E-state index in [2.05, 4.69) is 5.32 Å². The number of hydrogen-bond acceptors (Lipinski definition) is 3. The van der Waals surface area contributed by atoms with Gasteiger partial charge in [0.1, 0.15) is 0 Å². The van der Waals surface area contributed by atoms with Gasteiger partial charge in [0, 0.05) is 19.7 Å². The van der Waals surface area contributed by atoms with Gasteiger partial charge in [-0.3, -0.25) is 4.79 Å². The number of nitrogens with zero attached hydrogens (tertiary/aromatic N) is 1. The Morgan fingerprint density at radius 1 is 1.38 bits per heavy atom. The Morgan fingerprint density at radius 2 is 2.25 bits per heavy atom. The van der Waals surface area contributed by atoms with Crippen LogP contribution in [0.2, 0.25) is 0 Å². The van der Waals surface area contributed by atoms with Gasteiger partial charge in [-0.05, 0) is 32.7 Å². The van der Waals surface area contributed by atoms with E-state index in [1.807, 2.05) is 11.8 Å². The highest BCUT2D eigenvalue weighted by Gasteiger charge is 2.27. The van der Waals surface area contributed by atoms with Crippen molar-refractivity contribution >= 4 is 5.91 Å². The van der Waals surface area contributed by atoms with Crippen molar-refractivity contribution in [3.05, 3.63) is 0 Å². The highest BCUT2D eigenvalue weighted by Crippen LogP contribution is 2.12. The molecule has 0 aromatic heterocycles. The molecule has 0 spiro atoms. The SMILES string of the molecule is CC1CN(C(=O)C2CCCCN2)CCCO1. The molecule has 0 saturated carbocycles. The van der Waals surface area contributed by atoms with Crippen molar-refractivity contribution in [1.82, 2.24) is 10.2 Å². The Kier molecular flexibility index (Phi) is 4.18. The third-order valence-electron chi connectivity index (χ3n) is 3.37. The molecule has 4 heteroatoms. The molecule has 4 nitrogen and oxygen atoms in total. The van der Waals surface area contributed by atoms with Crippen LogP contribution in [0.4, 0.5) is 0 Å². The van der Waals surface area contributed by atoms with Gasteiger partial charge >= 0.3 is 0 Å². The molecule has 2 aliphatic heterocycles. The lowest BCUT2D eigenvalue weighted by Crippen LogP contribution is -2.49. The van der Waals surface area contributed by atoms with Gasteiger partial charge in [-0.25, -0.2) is 0 Å². The first-order chi connectivity index (χ1) is 7.77. The van der Waals surface area contributed by atoms with Crippen LogP contribution in [0.15, 0.2) is 0 Å². The van der Waals surface area contributed by atoms with Gasteiger partial charge in [-0.2, -0.15) is 0 Å². The van der Waals surface area contributed by atoms with Gasteiger partial charge < -0.3 is 15.0 Å². The number of ether oxygens (including phenoxy) is 1. The maximum absolute atomic E-state index is 12.3. The lowest BCUT2D eigenvalue weighted by atomic mass is 10.0. The Balaban J connectivity index is 1.91. The molecule has 16 heavy (non-hydrogen) atoms. The summed E-state index contributed by atoms with van der Waals surface area (Å²) in [6.45, 7) is 5.40. The second kappa shape index (κ2) is 5.64. The number of amides is 1. The molecule has 0 bridgehead atoms. The van der Waals surface area contributed by atoms with E-state index in [0.717, 1.165) is 39.1 Å². The molecule has 0 aromatic rings. The molecule has 2 unspecified atom stereocenters. The first kappa shape index (κ1) is 11.9. The zero-order chi connectivity index (χ0) is 11.4. The third-order valence-corrected chi connectivity index (χ3v) is 3.37. The van der Waals surface area contributed by atoms with E-state index in [1.54, 1.807) is 0 Å². The summed E-state index contributed by atoms with van der Waals surface area (Å²) in [4.78, 5) is 14.2. The predicted octanol–water partition coefficient (Wildman–Crippen LogP) is 0.766. The molecule has 0 aromatic carbocycles. The minimum absolute atomic E-state index is 0.0547. The van der Waals surface area contributed by atoms with Gasteiger partial charge in [-0.15, -0.1) is 0 Å². The van der Waals surface area contributed by atoms with E-state index in [4.69, 9.17) is 4.74 Å². The van der Waals surface area contributed by atoms with Crippen LogP contribution in [0.5, 0.6) is 0 Å². The number of hydrogen-bond donors (Lipinski definition) is 1. The number of piperidine rings is 1. The first-order valence-electron chi connectivity index (χ1n) is 6.41. The molecular formula is C12H22N2O2. The third kappa shape index (κ3) is 2.95. The van der Waals surface area contributed by atoms with Gasteiger partial charge in [0.05, 0.1) is 12.1 Å². The van der Waals surface area contributed by atoms with Crippen LogP contribution >= 0.6 is 0 Å². The molecule has 2 rings (SSSR count). The summed E-state index contributed by atoms with van der Waals surface area (Å²) in [5.74, 6) is 0.275. The van der Waals surface area contributed by atoms with E-state index in [-0.39, 0.29) is 18.1 Å². The van der Waals surface area contributed by atoms with Crippen molar-refractivity contribution in [2.24, 2.45) is 0 Å². The Labute approximate surface area is 97.3 Å². The summed E-state index contributed by atoms with van der Waals surface area (Å²) >= 11 is 0. The zero-order valence-electron chi connectivity index (χ0n) is 10.1. The summed E-state index contributed by atoms with van der Waals surface area (Å²) in [5, 5.41) is 3.32. The second-order valence-corrected chi connectivity index (χ2v) is 4.82. The monoisotopic (exact) mass is 226 g/mol. The quantitative estimate of drug-likeness (QED) is 0.718. The number of carbonyl (C=O) groups excluding carboxylic acids is 1. The fraction of sp³-hybridized carbons (Fsp3) is 0.917. The van der Waals surface area contributed by atoms with Gasteiger partial charge in [-0.1, -0.05) is 6.42 Å². The molecule has 0 radical (unpaired) electrons. The summed E-state index contributed by atoms with van der Waals surface area (Å²) < 4.78 is 5.56. The van der Waals surface area contributed by atoms with Crippen molar-refractivity contribution in [1.29, 1.82) is 0 Å². The van der Waals surface area contributed by atoms with Crippen molar-refractivity contribution in [2.75, 3.05) is 26.2 Å². The summed E-state index contributed by atoms with van der Waals surface area (Å²) in [6, 6.07) is 0.0547. The van der Waals surface area contributed by atoms with E-state index < -0.39 is 0 Å². The Bertz CT molecular complexity index is 239. The van der Waals surface area contributed by atoms with Crippen LogP contribution < -0.4 is 5.32 Å². The molecule has 2 saturated heterocycles. The summed E-state index contributed by atoms with van der Waals surface area (Å²) in [5.41, 5.74) is 0. The lowest BCUT2D eigenvalue weighted by molar-refractivity contribution is -0.134. The van der Waals surface area contributed by atoms with Crippen LogP contribution in [0.25, 0.3) is 0 Å². The largest absolute Gasteiger partial charge is 0.377 e. The van der Waals surface area contributed by atoms with Crippen molar-refractivity contribution in [2.45, 2.75) is 44.8 Å². The molecular weight excluding hydrogens is 204 g/mol. The fourth-order valence-electron chi connectivity index (χ4n) is 2.48. The van der Waals surface area contributed by atoms with Crippen LogP contribution in [-0.4, -0.2) is 49.2 Å². The Morgan fingerprint density at radius 3 is 3.00 bits per heavy atom. The van der Waals surface area contributed by atoms with E-state index in [1.165, 1.54) is 12.8 Å². The highest BCUT2D eigenvalue weighted by atomic mass is 16.5. The Hall–Kier alpha value is -0.610. The number of nitrogens with one attached hydrogen (secondary N) is 1. The summed E-state index contributed by atoms with van der Waals surface area (Å²) in [6.07, 6.45) is 4.50. The average Bonchev–Trinajstić information content (AvgIpc) is 2.54. The highest BCUT2D eigenvalue weighted by molar-refractivity contribution is 5.82. The fourth-order valence-corrected chi connectivity index (χ4v) is 2.48. The standard InChI is InChI=1S/C12H22N2O2/c1-10-9-14(7-4-8-16-10)12(15)11-5-2-3-6-13-11/h10-11,13H,2-9H2,1H3. The zero-order valence-corrected chi connectivity index (χ0v) is 10.1. The predicted molar refractivity (Wildman–Crippen MR) is 62.3 cm³/mol. The minimum Gasteiger partial charge on any atom is -0.377 e. The van der Waals surface area contributed by atoms with Crippen molar-refractivity contribution in [3.63, 3.8) is 0 Å². The first-order valence-corrected chi connectivity index (χ1v) is 6.41. The second-order valence-electron chi connectivity index (χ2n) is 4.82. The molecule has 2 heterocycles. The lowest BCUT2D eigenvalue weighted by Gasteiger charge is -2.29. The minimum atomic E-state index is 0.0547. The number of rotatable bonds is 1. The molecule has 2 fully saturated rings. The van der Waals surface area contributed by atoms with E-state index in [0.29, 0.717) is 0 Å². The number of carbonyl (C=O) groups is 1. The van der Waals surface area contributed by atoms with Crippen LogP contribution in [-0.2, 0) is 9.53 Å². The molecule has 92 valence electrons. The summed E-state index contributed by atoms with van der Waals surface area (Å²) in [7, 11) is 0. The maximum atomic E-state index is 12.3. The van der Waals surface area contributed by atoms with Gasteiger partial charge in [0.15, 0.2) is 0 Å². The van der Waals surface area contributed by atoms with Crippen LogP contribution in [0, 0.1) is 0 Å². The van der Waals surface area contributed by atoms with Gasteiger partial charge in [0.25, 0.3) is 0 Å². The molecule has 2 aliphatic rings. The molecule has 1 N–H and O–H groups in total. The van der Waals surface area contributed by atoms with Gasteiger partial charge in [0.2, 0.25) is 5.91 Å². The van der Waals surface area contributed by atoms with E-state index >= 15 is 0 Å². The van der Waals surface area contributed by atoms with Crippen molar-refractivity contribution in [3.8, 4) is 0 Å². The van der Waals surface area contributed by atoms with E-state index in [9.17, 15) is 4.79 Å². The molecule has 1 amide bonds. The topological polar surface area (TPSA) is 41.6 Å². The molecule has 2 atom stereocenters. The van der Waals surface area contributed by atoms with Crippen molar-refractivity contribution < 1.29 is 9.53 Å².